The lowest BCUT2D eigenvalue weighted by Gasteiger charge is -2.20. The summed E-state index contributed by atoms with van der Waals surface area (Å²) in [5.74, 6) is 1.20. The lowest BCUT2D eigenvalue weighted by molar-refractivity contribution is 0.525. The number of aliphatic imine (C=N–C) groups is 1. The fraction of sp³-hybridized carbons (Fsp3) is 0.429. The van der Waals surface area contributed by atoms with Crippen molar-refractivity contribution in [2.75, 3.05) is 19.2 Å². The molecule has 5 heteroatoms. The van der Waals surface area contributed by atoms with E-state index in [-0.39, 0.29) is 5.41 Å². The van der Waals surface area contributed by atoms with Gasteiger partial charge in [-0.15, -0.1) is 11.8 Å². The smallest absolute Gasteiger partial charge is 0.147 e. The van der Waals surface area contributed by atoms with Gasteiger partial charge in [-0.25, -0.2) is 0 Å². The summed E-state index contributed by atoms with van der Waals surface area (Å²) in [6.45, 7) is 8.65. The van der Waals surface area contributed by atoms with Crippen LogP contribution in [-0.4, -0.2) is 36.1 Å². The van der Waals surface area contributed by atoms with E-state index in [0.29, 0.717) is 5.84 Å². The maximum atomic E-state index is 8.42. The van der Waals surface area contributed by atoms with Gasteiger partial charge in [-0.1, -0.05) is 50.6 Å². The number of nitrogens with zero attached hydrogens (tertiary/aromatic N) is 2. The second-order valence-electron chi connectivity index (χ2n) is 7.13. The highest BCUT2D eigenvalue weighted by atomic mass is 32.2. The van der Waals surface area contributed by atoms with Crippen LogP contribution in [0.25, 0.3) is 0 Å². The highest BCUT2D eigenvalue weighted by Crippen LogP contribution is 2.26. The monoisotopic (exact) mass is 389 g/mol. The summed E-state index contributed by atoms with van der Waals surface area (Å²) in [6.07, 6.45) is 8.66. The van der Waals surface area contributed by atoms with Crippen molar-refractivity contribution in [3.05, 3.63) is 53.3 Å². The van der Waals surface area contributed by atoms with Crippen molar-refractivity contribution in [1.82, 2.24) is 4.90 Å². The Hall–Kier alpha value is -1.46. The van der Waals surface area contributed by atoms with Gasteiger partial charge in [-0.05, 0) is 42.7 Å². The van der Waals surface area contributed by atoms with E-state index in [1.807, 2.05) is 24.2 Å². The van der Waals surface area contributed by atoms with Crippen LogP contribution in [0.3, 0.4) is 0 Å². The van der Waals surface area contributed by atoms with Crippen LogP contribution < -0.4 is 0 Å². The summed E-state index contributed by atoms with van der Waals surface area (Å²) in [4.78, 5) is 7.71. The van der Waals surface area contributed by atoms with Crippen molar-refractivity contribution in [3.8, 4) is 0 Å². The number of aryl methyl sites for hydroxylation is 1. The number of hydrogen-bond donors (Lipinski definition) is 2. The van der Waals surface area contributed by atoms with Gasteiger partial charge in [0.1, 0.15) is 11.5 Å². The number of amidine groups is 1. The number of thioether (sulfide) groups is 1. The van der Waals surface area contributed by atoms with E-state index in [4.69, 9.17) is 5.41 Å². The Kier molecular flexibility index (Phi) is 9.23. The molecule has 1 aliphatic rings. The molecule has 0 atom stereocenters. The first-order valence-electron chi connectivity index (χ1n) is 8.66. The molecular weight excluding hydrogens is 358 g/mol. The normalized spacial score (nSPS) is 13.8. The lowest BCUT2D eigenvalue weighted by atomic mass is 9.86. The summed E-state index contributed by atoms with van der Waals surface area (Å²) in [6, 6.07) is 8.48. The Morgan fingerprint density at radius 1 is 1.19 bits per heavy atom. The van der Waals surface area contributed by atoms with Gasteiger partial charge in [0, 0.05) is 18.2 Å². The summed E-state index contributed by atoms with van der Waals surface area (Å²) >= 11 is 5.26. The highest BCUT2D eigenvalue weighted by Gasteiger charge is 2.17. The Balaban J connectivity index is 0.00000163. The van der Waals surface area contributed by atoms with E-state index in [2.05, 4.69) is 75.7 Å². The molecule has 142 valence electrons. The van der Waals surface area contributed by atoms with Gasteiger partial charge in [0.25, 0.3) is 0 Å². The lowest BCUT2D eigenvalue weighted by Crippen LogP contribution is -2.26. The Labute approximate surface area is 168 Å². The minimum absolute atomic E-state index is 0.0855. The fourth-order valence-electron chi connectivity index (χ4n) is 2.27. The largest absolute Gasteiger partial charge is 0.349 e. The first-order valence-corrected chi connectivity index (χ1v) is 10.5. The molecule has 0 saturated carbocycles. The number of nitrogens with one attached hydrogen (secondary N) is 1. The molecule has 0 saturated heterocycles. The molecular formula is C21H31N3S2. The summed E-state index contributed by atoms with van der Waals surface area (Å²) in [5.41, 5.74) is 3.32. The van der Waals surface area contributed by atoms with Gasteiger partial charge in [0.15, 0.2) is 0 Å². The van der Waals surface area contributed by atoms with E-state index in [0.717, 1.165) is 18.0 Å². The third-order valence-electron chi connectivity index (χ3n) is 3.93. The Morgan fingerprint density at radius 2 is 1.81 bits per heavy atom. The van der Waals surface area contributed by atoms with Crippen LogP contribution in [0.2, 0.25) is 0 Å². The van der Waals surface area contributed by atoms with E-state index in [1.165, 1.54) is 16.0 Å². The van der Waals surface area contributed by atoms with E-state index >= 15 is 0 Å². The van der Waals surface area contributed by atoms with Crippen molar-refractivity contribution in [3.63, 3.8) is 0 Å². The van der Waals surface area contributed by atoms with Gasteiger partial charge >= 0.3 is 0 Å². The molecule has 1 heterocycles. The SMILES string of the molecule is CS.Cc1ccc(SCN(C)C(=N)C2=CCC=C(C(C)(C)C)C=N2)cc1. The maximum absolute atomic E-state index is 8.42. The summed E-state index contributed by atoms with van der Waals surface area (Å²) < 4.78 is 0. The average molecular weight is 390 g/mol. The number of benzene rings is 1. The number of likely N-dealkylation sites (N-methyl/N-ethyl adjacent to an activating group) is 1. The molecule has 0 unspecified atom stereocenters. The minimum atomic E-state index is 0.0855. The molecule has 2 rings (SSSR count). The van der Waals surface area contributed by atoms with Crippen LogP contribution in [0, 0.1) is 17.7 Å². The molecule has 1 aromatic rings. The second kappa shape index (κ2) is 10.6. The molecule has 0 aromatic heterocycles. The van der Waals surface area contributed by atoms with Crippen LogP contribution in [0.15, 0.2) is 57.6 Å². The third kappa shape index (κ3) is 7.04. The van der Waals surface area contributed by atoms with Crippen molar-refractivity contribution in [1.29, 1.82) is 5.41 Å². The van der Waals surface area contributed by atoms with Crippen LogP contribution in [0.5, 0.6) is 0 Å². The first-order chi connectivity index (χ1) is 12.3. The average Bonchev–Trinajstić information content (AvgIpc) is 2.88. The fourth-order valence-corrected chi connectivity index (χ4v) is 3.07. The highest BCUT2D eigenvalue weighted by molar-refractivity contribution is 7.99. The molecule has 0 amide bonds. The standard InChI is InChI=1S/C20H27N3S.CH4S/c1-15-9-11-17(12-10-15)24-14-23(5)19(21)18-8-6-7-16(13-22-18)20(2,3)4;1-2/h7-13,21H,6,14H2,1-5H3;2H,1H3. The molecule has 1 aliphatic heterocycles. The van der Waals surface area contributed by atoms with Gasteiger partial charge in [0.05, 0.1) is 5.88 Å². The molecule has 3 nitrogen and oxygen atoms in total. The van der Waals surface area contributed by atoms with Crippen molar-refractivity contribution >= 4 is 36.4 Å². The third-order valence-corrected chi connectivity index (χ3v) is 5.05. The van der Waals surface area contributed by atoms with Gasteiger partial charge < -0.3 is 4.90 Å². The number of hydrogen-bond acceptors (Lipinski definition) is 4. The second-order valence-corrected chi connectivity index (χ2v) is 8.14. The Morgan fingerprint density at radius 3 is 2.38 bits per heavy atom. The zero-order valence-corrected chi connectivity index (χ0v) is 18.4. The Bertz CT molecular complexity index is 680. The number of rotatable bonds is 4. The molecule has 0 bridgehead atoms. The van der Waals surface area contributed by atoms with Crippen molar-refractivity contribution in [2.45, 2.75) is 39.0 Å². The molecule has 1 N–H and O–H groups in total. The quantitative estimate of drug-likeness (QED) is 0.223. The van der Waals surface area contributed by atoms with Crippen LogP contribution in [0.4, 0.5) is 0 Å². The predicted molar refractivity (Wildman–Crippen MR) is 121 cm³/mol. The van der Waals surface area contributed by atoms with Crippen LogP contribution in [0.1, 0.15) is 32.8 Å². The van der Waals surface area contributed by atoms with Gasteiger partial charge in [-0.2, -0.15) is 12.6 Å². The summed E-state index contributed by atoms with van der Waals surface area (Å²) in [7, 11) is 1.95. The van der Waals surface area contributed by atoms with E-state index in [9.17, 15) is 0 Å². The zero-order chi connectivity index (χ0) is 19.7. The first kappa shape index (κ1) is 22.6. The van der Waals surface area contributed by atoms with Crippen molar-refractivity contribution < 1.29 is 0 Å². The number of allylic oxidation sites excluding steroid dienone is 3. The molecule has 1 aromatic carbocycles. The predicted octanol–water partition coefficient (Wildman–Crippen LogP) is 5.83. The van der Waals surface area contributed by atoms with E-state index in [1.54, 1.807) is 18.0 Å². The molecule has 26 heavy (non-hydrogen) atoms. The molecule has 0 aliphatic carbocycles. The van der Waals surface area contributed by atoms with E-state index < -0.39 is 0 Å². The molecule has 0 fully saturated rings. The molecule has 0 spiro atoms. The maximum Gasteiger partial charge on any atom is 0.147 e. The summed E-state index contributed by atoms with van der Waals surface area (Å²) in [5, 5.41) is 8.42. The topological polar surface area (TPSA) is 39.5 Å². The van der Waals surface area contributed by atoms with Crippen LogP contribution in [-0.2, 0) is 0 Å². The van der Waals surface area contributed by atoms with Gasteiger partial charge in [-0.3, -0.25) is 10.4 Å². The van der Waals surface area contributed by atoms with Crippen molar-refractivity contribution in [2.24, 2.45) is 10.4 Å². The van der Waals surface area contributed by atoms with Crippen LogP contribution >= 0.6 is 24.4 Å². The minimum Gasteiger partial charge on any atom is -0.349 e. The number of thiol groups is 1. The van der Waals surface area contributed by atoms with Gasteiger partial charge in [0.2, 0.25) is 0 Å². The zero-order valence-electron chi connectivity index (χ0n) is 16.7. The molecule has 0 radical (unpaired) electrons.